The number of aryl methyl sites for hydroxylation is 1. The second kappa shape index (κ2) is 5.36. The van der Waals surface area contributed by atoms with E-state index in [1.807, 2.05) is 19.1 Å². The molecule has 5 nitrogen and oxygen atoms in total. The van der Waals surface area contributed by atoms with E-state index < -0.39 is 5.97 Å². The second-order valence-electron chi connectivity index (χ2n) is 4.16. The van der Waals surface area contributed by atoms with E-state index in [2.05, 4.69) is 15.9 Å². The minimum Gasteiger partial charge on any atom is -0.464 e. The number of ether oxygens (including phenoxy) is 1. The Bertz CT molecular complexity index is 636. The molecule has 0 aliphatic carbocycles. The molecule has 0 bridgehead atoms. The average molecular weight is 255 g/mol. The number of hydrogen-bond donors (Lipinski definition) is 0. The number of hydrogen-bond acceptors (Lipinski definition) is 4. The minimum atomic E-state index is -0.434. The average Bonchev–Trinajstić information content (AvgIpc) is 2.79. The molecule has 0 spiro atoms. The van der Waals surface area contributed by atoms with Gasteiger partial charge in [0.2, 0.25) is 0 Å². The van der Waals surface area contributed by atoms with Gasteiger partial charge in [0.15, 0.2) is 5.69 Å². The highest BCUT2D eigenvalue weighted by molar-refractivity contribution is 5.88. The normalized spacial score (nSPS) is 9.95. The fraction of sp³-hybridized carbons (Fsp3) is 0.214. The number of carbonyl (C=O) groups excluding carboxylic acids is 1. The third kappa shape index (κ3) is 2.80. The minimum absolute atomic E-state index is 0.330. The van der Waals surface area contributed by atoms with Crippen LogP contribution in [-0.4, -0.2) is 22.9 Å². The van der Waals surface area contributed by atoms with Crippen molar-refractivity contribution in [1.82, 2.24) is 9.78 Å². The third-order valence-electron chi connectivity index (χ3n) is 2.75. The molecule has 0 amide bonds. The van der Waals surface area contributed by atoms with Crippen LogP contribution in [0.2, 0.25) is 0 Å². The highest BCUT2D eigenvalue weighted by Gasteiger charge is 2.14. The number of benzene rings is 1. The zero-order valence-corrected chi connectivity index (χ0v) is 10.8. The first kappa shape index (κ1) is 12.8. The highest BCUT2D eigenvalue weighted by Crippen LogP contribution is 2.10. The van der Waals surface area contributed by atoms with Gasteiger partial charge < -0.3 is 4.74 Å². The van der Waals surface area contributed by atoms with Gasteiger partial charge in [0.25, 0.3) is 0 Å². The van der Waals surface area contributed by atoms with E-state index in [4.69, 9.17) is 5.26 Å². The summed E-state index contributed by atoms with van der Waals surface area (Å²) >= 11 is 0. The van der Waals surface area contributed by atoms with Crippen LogP contribution in [0.5, 0.6) is 0 Å². The largest absolute Gasteiger partial charge is 0.464 e. The van der Waals surface area contributed by atoms with Gasteiger partial charge in [-0.05, 0) is 24.6 Å². The van der Waals surface area contributed by atoms with Gasteiger partial charge in [0.1, 0.15) is 0 Å². The van der Waals surface area contributed by atoms with Crippen LogP contribution in [0.25, 0.3) is 0 Å². The molecule has 1 aromatic heterocycles. The molecule has 19 heavy (non-hydrogen) atoms. The molecule has 96 valence electrons. The van der Waals surface area contributed by atoms with Crippen molar-refractivity contribution in [2.75, 3.05) is 7.11 Å². The molecule has 1 heterocycles. The molecule has 0 saturated heterocycles. The predicted octanol–water partition coefficient (Wildman–Crippen LogP) is 1.90. The summed E-state index contributed by atoms with van der Waals surface area (Å²) in [5.74, 6) is -0.434. The summed E-state index contributed by atoms with van der Waals surface area (Å²) in [7, 11) is 1.33. The van der Waals surface area contributed by atoms with Crippen molar-refractivity contribution < 1.29 is 9.53 Å². The lowest BCUT2D eigenvalue weighted by molar-refractivity contribution is 0.0592. The standard InChI is InChI=1S/C14H13N3O2/c1-10-8-17(16-13(10)14(18)19-2)9-12-5-3-11(7-15)4-6-12/h3-6,8H,9H2,1-2H3. The van der Waals surface area contributed by atoms with Crippen LogP contribution in [0.15, 0.2) is 30.5 Å². The van der Waals surface area contributed by atoms with Crippen molar-refractivity contribution in [2.45, 2.75) is 13.5 Å². The SMILES string of the molecule is COC(=O)c1nn(Cc2ccc(C#N)cc2)cc1C. The predicted molar refractivity (Wildman–Crippen MR) is 68.6 cm³/mol. The molecule has 2 aromatic rings. The maximum Gasteiger partial charge on any atom is 0.358 e. The first-order valence-corrected chi connectivity index (χ1v) is 5.75. The third-order valence-corrected chi connectivity index (χ3v) is 2.75. The molecule has 0 radical (unpaired) electrons. The van der Waals surface area contributed by atoms with Crippen LogP contribution in [0.1, 0.15) is 27.2 Å². The molecule has 0 aliphatic heterocycles. The summed E-state index contributed by atoms with van der Waals surface area (Å²) in [4.78, 5) is 11.4. The van der Waals surface area contributed by atoms with E-state index in [0.29, 0.717) is 17.8 Å². The lowest BCUT2D eigenvalue weighted by Crippen LogP contribution is -2.06. The number of nitrogens with zero attached hydrogens (tertiary/aromatic N) is 3. The first-order chi connectivity index (χ1) is 9.13. The Balaban J connectivity index is 2.19. The molecule has 5 heteroatoms. The number of rotatable bonds is 3. The maximum atomic E-state index is 11.4. The second-order valence-corrected chi connectivity index (χ2v) is 4.16. The highest BCUT2D eigenvalue weighted by atomic mass is 16.5. The molecule has 0 N–H and O–H groups in total. The van der Waals surface area contributed by atoms with Crippen molar-refractivity contribution in [3.05, 3.63) is 52.8 Å². The fourth-order valence-corrected chi connectivity index (χ4v) is 1.77. The summed E-state index contributed by atoms with van der Waals surface area (Å²) in [5, 5.41) is 12.9. The Morgan fingerprint density at radius 3 is 2.68 bits per heavy atom. The number of methoxy groups -OCH3 is 1. The summed E-state index contributed by atoms with van der Waals surface area (Å²) in [6, 6.07) is 9.32. The van der Waals surface area contributed by atoms with Crippen LogP contribution in [-0.2, 0) is 11.3 Å². The molecule has 0 aliphatic rings. The van der Waals surface area contributed by atoms with E-state index in [9.17, 15) is 4.79 Å². The molecule has 2 rings (SSSR count). The molecular weight excluding hydrogens is 242 g/mol. The fourth-order valence-electron chi connectivity index (χ4n) is 1.77. The van der Waals surface area contributed by atoms with Crippen LogP contribution < -0.4 is 0 Å². The molecular formula is C14H13N3O2. The van der Waals surface area contributed by atoms with E-state index in [1.165, 1.54) is 7.11 Å². The zero-order valence-electron chi connectivity index (χ0n) is 10.8. The van der Waals surface area contributed by atoms with E-state index >= 15 is 0 Å². The zero-order chi connectivity index (χ0) is 13.8. The Hall–Kier alpha value is -2.61. The van der Waals surface area contributed by atoms with E-state index in [0.717, 1.165) is 11.1 Å². The van der Waals surface area contributed by atoms with Crippen LogP contribution >= 0.6 is 0 Å². The monoisotopic (exact) mass is 255 g/mol. The van der Waals surface area contributed by atoms with Crippen molar-refractivity contribution in [2.24, 2.45) is 0 Å². The Labute approximate surface area is 111 Å². The molecule has 0 fully saturated rings. The van der Waals surface area contributed by atoms with Gasteiger partial charge in [0.05, 0.1) is 25.3 Å². The quantitative estimate of drug-likeness (QED) is 0.785. The topological polar surface area (TPSA) is 67.9 Å². The van der Waals surface area contributed by atoms with Gasteiger partial charge in [-0.2, -0.15) is 10.4 Å². The van der Waals surface area contributed by atoms with Crippen molar-refractivity contribution in [3.8, 4) is 6.07 Å². The van der Waals surface area contributed by atoms with Gasteiger partial charge >= 0.3 is 5.97 Å². The number of carbonyl (C=O) groups is 1. The lowest BCUT2D eigenvalue weighted by atomic mass is 10.1. The summed E-state index contributed by atoms with van der Waals surface area (Å²) in [5.41, 5.74) is 2.74. The smallest absolute Gasteiger partial charge is 0.358 e. The number of esters is 1. The Kier molecular flexibility index (Phi) is 3.62. The Morgan fingerprint density at radius 2 is 2.11 bits per heavy atom. The summed E-state index contributed by atoms with van der Waals surface area (Å²) < 4.78 is 6.34. The maximum absolute atomic E-state index is 11.4. The molecule has 0 unspecified atom stereocenters. The van der Waals surface area contributed by atoms with Crippen LogP contribution in [0.4, 0.5) is 0 Å². The van der Waals surface area contributed by atoms with Gasteiger partial charge in [-0.15, -0.1) is 0 Å². The van der Waals surface area contributed by atoms with Crippen LogP contribution in [0.3, 0.4) is 0 Å². The molecule has 1 aromatic carbocycles. The van der Waals surface area contributed by atoms with Crippen molar-refractivity contribution in [1.29, 1.82) is 5.26 Å². The summed E-state index contributed by atoms with van der Waals surface area (Å²) in [6.07, 6.45) is 1.80. The summed E-state index contributed by atoms with van der Waals surface area (Å²) in [6.45, 7) is 2.36. The van der Waals surface area contributed by atoms with Gasteiger partial charge in [-0.25, -0.2) is 4.79 Å². The number of aromatic nitrogens is 2. The number of nitriles is 1. The Morgan fingerprint density at radius 1 is 1.42 bits per heavy atom. The van der Waals surface area contributed by atoms with Crippen molar-refractivity contribution >= 4 is 5.97 Å². The van der Waals surface area contributed by atoms with Gasteiger partial charge in [-0.1, -0.05) is 12.1 Å². The molecule has 0 atom stereocenters. The molecule has 0 saturated carbocycles. The van der Waals surface area contributed by atoms with Crippen molar-refractivity contribution in [3.63, 3.8) is 0 Å². The van der Waals surface area contributed by atoms with Gasteiger partial charge in [0, 0.05) is 11.8 Å². The van der Waals surface area contributed by atoms with Gasteiger partial charge in [-0.3, -0.25) is 4.68 Å². The van der Waals surface area contributed by atoms with E-state index in [1.54, 1.807) is 23.0 Å². The lowest BCUT2D eigenvalue weighted by Gasteiger charge is -2.01. The first-order valence-electron chi connectivity index (χ1n) is 5.75. The van der Waals surface area contributed by atoms with E-state index in [-0.39, 0.29) is 0 Å². The van der Waals surface area contributed by atoms with Crippen LogP contribution in [0, 0.1) is 18.3 Å².